The fraction of sp³-hybridized carbons (Fsp3) is 0.312. The van der Waals surface area contributed by atoms with Crippen molar-refractivity contribution in [3.05, 3.63) is 65.5 Å². The summed E-state index contributed by atoms with van der Waals surface area (Å²) in [5.41, 5.74) is 6.21. The maximum absolute atomic E-state index is 13.1. The van der Waals surface area contributed by atoms with E-state index in [2.05, 4.69) is 4.98 Å². The maximum Gasteiger partial charge on any atom is 0.416 e. The molecule has 1 saturated carbocycles. The number of nitrogens with two attached hydrogens (primary N) is 1. The van der Waals surface area contributed by atoms with Gasteiger partial charge in [-0.3, -0.25) is 4.98 Å². The number of halogens is 3. The number of alkyl halides is 3. The second-order valence-corrected chi connectivity index (χ2v) is 5.46. The summed E-state index contributed by atoms with van der Waals surface area (Å²) in [6.45, 7) is 0. The zero-order chi connectivity index (χ0) is 15.1. The summed E-state index contributed by atoms with van der Waals surface area (Å²) >= 11 is 0. The minimum absolute atomic E-state index is 0.0753. The summed E-state index contributed by atoms with van der Waals surface area (Å²) in [5.74, 6) is 0. The van der Waals surface area contributed by atoms with Crippen molar-refractivity contribution < 1.29 is 13.2 Å². The lowest BCUT2D eigenvalue weighted by atomic mass is 9.83. The van der Waals surface area contributed by atoms with Crippen LogP contribution in [0.2, 0.25) is 0 Å². The highest BCUT2D eigenvalue weighted by Gasteiger charge is 2.51. The number of rotatable bonds is 3. The van der Waals surface area contributed by atoms with Gasteiger partial charge in [0.15, 0.2) is 0 Å². The molecule has 2 aromatic rings. The molecule has 2 N–H and O–H groups in total. The van der Waals surface area contributed by atoms with E-state index in [0.717, 1.165) is 30.7 Å². The van der Waals surface area contributed by atoms with Gasteiger partial charge in [0.2, 0.25) is 0 Å². The van der Waals surface area contributed by atoms with Crippen LogP contribution < -0.4 is 5.73 Å². The number of nitrogens with zero attached hydrogens (tertiary/aromatic N) is 1. The molecule has 1 atom stereocenters. The van der Waals surface area contributed by atoms with E-state index in [1.54, 1.807) is 0 Å². The lowest BCUT2D eigenvalue weighted by Gasteiger charge is -2.26. The minimum Gasteiger partial charge on any atom is -0.323 e. The Bertz CT molecular complexity index is 633. The summed E-state index contributed by atoms with van der Waals surface area (Å²) in [5, 5.41) is 0. The first kappa shape index (κ1) is 14.1. The van der Waals surface area contributed by atoms with Crippen molar-refractivity contribution in [1.29, 1.82) is 0 Å². The summed E-state index contributed by atoms with van der Waals surface area (Å²) in [6, 6.07) is 9.80. The first-order chi connectivity index (χ1) is 9.95. The molecular formula is C16H15F3N2. The second-order valence-electron chi connectivity index (χ2n) is 5.46. The third kappa shape index (κ3) is 2.42. The molecule has 1 fully saturated rings. The van der Waals surface area contributed by atoms with Crippen molar-refractivity contribution in [3.8, 4) is 0 Å². The first-order valence-electron chi connectivity index (χ1n) is 6.77. The van der Waals surface area contributed by atoms with Crippen molar-refractivity contribution in [3.63, 3.8) is 0 Å². The van der Waals surface area contributed by atoms with E-state index in [0.29, 0.717) is 0 Å². The number of benzene rings is 1. The Morgan fingerprint density at radius 2 is 1.76 bits per heavy atom. The lowest BCUT2D eigenvalue weighted by molar-refractivity contribution is -0.138. The van der Waals surface area contributed by atoms with Gasteiger partial charge in [0, 0.05) is 29.4 Å². The number of aromatic nitrogens is 1. The summed E-state index contributed by atoms with van der Waals surface area (Å²) < 4.78 is 39.4. The Hall–Kier alpha value is -1.88. The van der Waals surface area contributed by atoms with Gasteiger partial charge in [0.05, 0.1) is 5.56 Å². The van der Waals surface area contributed by atoms with Crippen molar-refractivity contribution in [2.75, 3.05) is 0 Å². The average molecular weight is 292 g/mol. The van der Waals surface area contributed by atoms with Crippen LogP contribution in [-0.4, -0.2) is 4.98 Å². The molecule has 21 heavy (non-hydrogen) atoms. The van der Waals surface area contributed by atoms with E-state index in [9.17, 15) is 13.2 Å². The molecule has 2 nitrogen and oxygen atoms in total. The fourth-order valence-corrected chi connectivity index (χ4v) is 2.89. The molecule has 110 valence electrons. The number of hydrogen-bond donors (Lipinski definition) is 1. The van der Waals surface area contributed by atoms with Crippen LogP contribution in [-0.2, 0) is 11.6 Å². The quantitative estimate of drug-likeness (QED) is 0.933. The van der Waals surface area contributed by atoms with Gasteiger partial charge in [-0.25, -0.2) is 0 Å². The van der Waals surface area contributed by atoms with Gasteiger partial charge in [-0.1, -0.05) is 30.3 Å². The van der Waals surface area contributed by atoms with Crippen molar-refractivity contribution in [2.45, 2.75) is 30.5 Å². The van der Waals surface area contributed by atoms with Gasteiger partial charge >= 0.3 is 6.18 Å². The molecule has 1 heterocycles. The smallest absolute Gasteiger partial charge is 0.323 e. The van der Waals surface area contributed by atoms with E-state index in [1.165, 1.54) is 6.20 Å². The Morgan fingerprint density at radius 3 is 2.33 bits per heavy atom. The van der Waals surface area contributed by atoms with E-state index < -0.39 is 23.2 Å². The highest BCUT2D eigenvalue weighted by Crippen LogP contribution is 2.56. The Kier molecular flexibility index (Phi) is 3.24. The largest absolute Gasteiger partial charge is 0.416 e. The Morgan fingerprint density at radius 1 is 1.10 bits per heavy atom. The van der Waals surface area contributed by atoms with E-state index in [4.69, 9.17) is 5.73 Å². The molecule has 3 rings (SSSR count). The van der Waals surface area contributed by atoms with Gasteiger partial charge in [0.25, 0.3) is 0 Å². The van der Waals surface area contributed by atoms with Crippen LogP contribution in [0.1, 0.15) is 35.6 Å². The van der Waals surface area contributed by atoms with Crippen LogP contribution in [0.5, 0.6) is 0 Å². The van der Waals surface area contributed by atoms with Gasteiger partial charge < -0.3 is 5.73 Å². The minimum atomic E-state index is -4.41. The highest BCUT2D eigenvalue weighted by molar-refractivity contribution is 5.40. The topological polar surface area (TPSA) is 38.9 Å². The maximum atomic E-state index is 13.1. The normalized spacial score (nSPS) is 18.3. The molecule has 0 spiro atoms. The molecule has 1 unspecified atom stereocenters. The third-order valence-corrected chi connectivity index (χ3v) is 4.23. The number of pyridine rings is 1. The van der Waals surface area contributed by atoms with E-state index in [-0.39, 0.29) is 5.56 Å². The summed E-state index contributed by atoms with van der Waals surface area (Å²) in [7, 11) is 0. The molecule has 0 radical (unpaired) electrons. The predicted octanol–water partition coefficient (Wildman–Crippen LogP) is 3.83. The first-order valence-corrected chi connectivity index (χ1v) is 6.77. The second kappa shape index (κ2) is 4.84. The average Bonchev–Trinajstić information content (AvgIpc) is 3.28. The SMILES string of the molecule is NC(c1cnccc1C(F)(F)F)C1(c2ccccc2)CC1. The van der Waals surface area contributed by atoms with Crippen LogP contribution in [0, 0.1) is 0 Å². The summed E-state index contributed by atoms with van der Waals surface area (Å²) in [6.07, 6.45) is -0.422. The Labute approximate surface area is 120 Å². The Balaban J connectivity index is 2.03. The van der Waals surface area contributed by atoms with Gasteiger partial charge in [-0.05, 0) is 24.5 Å². The molecule has 0 aliphatic heterocycles. The molecule has 0 saturated heterocycles. The van der Waals surface area contributed by atoms with Gasteiger partial charge in [0.1, 0.15) is 0 Å². The highest BCUT2D eigenvalue weighted by atomic mass is 19.4. The molecule has 1 aliphatic carbocycles. The molecule has 1 aromatic heterocycles. The van der Waals surface area contributed by atoms with Gasteiger partial charge in [-0.15, -0.1) is 0 Å². The van der Waals surface area contributed by atoms with Crippen molar-refractivity contribution in [2.24, 2.45) is 5.73 Å². The van der Waals surface area contributed by atoms with E-state index in [1.807, 2.05) is 30.3 Å². The number of hydrogen-bond acceptors (Lipinski definition) is 2. The molecule has 0 amide bonds. The lowest BCUT2D eigenvalue weighted by Crippen LogP contribution is -2.29. The molecular weight excluding hydrogens is 277 g/mol. The fourth-order valence-electron chi connectivity index (χ4n) is 2.89. The van der Waals surface area contributed by atoms with Crippen LogP contribution in [0.25, 0.3) is 0 Å². The predicted molar refractivity (Wildman–Crippen MR) is 73.5 cm³/mol. The molecule has 5 heteroatoms. The van der Waals surface area contributed by atoms with Crippen LogP contribution in [0.4, 0.5) is 13.2 Å². The monoisotopic (exact) mass is 292 g/mol. The molecule has 1 aromatic carbocycles. The van der Waals surface area contributed by atoms with Crippen LogP contribution in [0.3, 0.4) is 0 Å². The molecule has 0 bridgehead atoms. The summed E-state index contributed by atoms with van der Waals surface area (Å²) in [4.78, 5) is 3.83. The van der Waals surface area contributed by atoms with Crippen molar-refractivity contribution in [1.82, 2.24) is 4.98 Å². The van der Waals surface area contributed by atoms with Crippen LogP contribution in [0.15, 0.2) is 48.8 Å². The third-order valence-electron chi connectivity index (χ3n) is 4.23. The van der Waals surface area contributed by atoms with Crippen molar-refractivity contribution >= 4 is 0 Å². The zero-order valence-corrected chi connectivity index (χ0v) is 11.3. The zero-order valence-electron chi connectivity index (χ0n) is 11.3. The standard InChI is InChI=1S/C16H15F3N2/c17-16(18,19)13-6-9-21-10-12(13)14(20)15(7-8-15)11-4-2-1-3-5-11/h1-6,9-10,14H,7-8,20H2. The van der Waals surface area contributed by atoms with Gasteiger partial charge in [-0.2, -0.15) is 13.2 Å². The van der Waals surface area contributed by atoms with Crippen LogP contribution >= 0.6 is 0 Å². The van der Waals surface area contributed by atoms with E-state index >= 15 is 0 Å². The molecule has 1 aliphatic rings.